The Morgan fingerprint density at radius 3 is 2.92 bits per heavy atom. The van der Waals surface area contributed by atoms with Crippen molar-refractivity contribution in [3.8, 4) is 11.5 Å². The van der Waals surface area contributed by atoms with Crippen molar-refractivity contribution >= 4 is 21.9 Å². The Balaban J connectivity index is 2.43. The van der Waals surface area contributed by atoms with E-state index in [4.69, 9.17) is 10.2 Å². The van der Waals surface area contributed by atoms with Gasteiger partial charge in [-0.3, -0.25) is 0 Å². The number of nitrogens with zero attached hydrogens (tertiary/aromatic N) is 1. The van der Waals surface area contributed by atoms with Gasteiger partial charge in [-0.25, -0.2) is 4.98 Å². The lowest BCUT2D eigenvalue weighted by Gasteiger charge is -1.86. The summed E-state index contributed by atoms with van der Waals surface area (Å²) in [6.45, 7) is 0. The van der Waals surface area contributed by atoms with Crippen LogP contribution < -0.4 is 5.73 Å². The molecule has 0 aliphatic heterocycles. The molecule has 0 unspecified atom stereocenters. The number of halogens is 1. The number of nitrogens with two attached hydrogens (primary N) is 1. The number of rotatable bonds is 1. The van der Waals surface area contributed by atoms with Crippen LogP contribution >= 0.6 is 15.9 Å². The van der Waals surface area contributed by atoms with E-state index in [1.807, 2.05) is 6.07 Å². The molecular formula is C7H6BrN3O. The molecule has 0 spiro atoms. The summed E-state index contributed by atoms with van der Waals surface area (Å²) in [5.74, 6) is 1.10. The smallest absolute Gasteiger partial charge is 0.197 e. The minimum Gasteiger partial charge on any atom is -0.462 e. The van der Waals surface area contributed by atoms with Crippen molar-refractivity contribution in [3.63, 3.8) is 0 Å². The predicted octanol–water partition coefficient (Wildman–Crippen LogP) is 2.01. The summed E-state index contributed by atoms with van der Waals surface area (Å²) in [4.78, 5) is 6.71. The molecule has 2 heterocycles. The van der Waals surface area contributed by atoms with Crippen LogP contribution in [0.2, 0.25) is 0 Å². The molecule has 0 aromatic carbocycles. The molecule has 0 amide bonds. The standard InChI is InChI=1S/C7H6BrN3O/c8-4-1-6(12-3-4)5-2-10-7(9)11-5/h1-3H,(H3,9,10,11). The van der Waals surface area contributed by atoms with E-state index in [-0.39, 0.29) is 0 Å². The fourth-order valence-electron chi connectivity index (χ4n) is 0.916. The fraction of sp³-hybridized carbons (Fsp3) is 0. The molecule has 0 saturated carbocycles. The maximum Gasteiger partial charge on any atom is 0.197 e. The van der Waals surface area contributed by atoms with E-state index in [1.54, 1.807) is 12.5 Å². The number of aromatic amines is 1. The Bertz CT molecular complexity index is 355. The second-order valence-electron chi connectivity index (χ2n) is 2.31. The van der Waals surface area contributed by atoms with E-state index < -0.39 is 0 Å². The topological polar surface area (TPSA) is 67.8 Å². The van der Waals surface area contributed by atoms with Crippen molar-refractivity contribution in [2.75, 3.05) is 5.73 Å². The Morgan fingerprint density at radius 2 is 2.42 bits per heavy atom. The fourth-order valence-corrected chi connectivity index (χ4v) is 1.22. The highest BCUT2D eigenvalue weighted by atomic mass is 79.9. The molecule has 0 atom stereocenters. The number of anilines is 1. The molecule has 0 saturated heterocycles. The number of hydrogen-bond acceptors (Lipinski definition) is 3. The van der Waals surface area contributed by atoms with Crippen LogP contribution in [-0.4, -0.2) is 9.97 Å². The van der Waals surface area contributed by atoms with Crippen molar-refractivity contribution in [1.82, 2.24) is 9.97 Å². The summed E-state index contributed by atoms with van der Waals surface area (Å²) >= 11 is 3.28. The van der Waals surface area contributed by atoms with Crippen LogP contribution in [-0.2, 0) is 0 Å². The number of nitrogen functional groups attached to an aromatic ring is 1. The first-order chi connectivity index (χ1) is 5.75. The monoisotopic (exact) mass is 227 g/mol. The Labute approximate surface area is 76.9 Å². The van der Waals surface area contributed by atoms with E-state index in [0.717, 1.165) is 10.2 Å². The average molecular weight is 228 g/mol. The van der Waals surface area contributed by atoms with E-state index in [9.17, 15) is 0 Å². The predicted molar refractivity (Wildman–Crippen MR) is 48.4 cm³/mol. The molecule has 0 bridgehead atoms. The second-order valence-corrected chi connectivity index (χ2v) is 3.23. The number of H-pyrrole nitrogens is 1. The van der Waals surface area contributed by atoms with Crippen molar-refractivity contribution in [2.45, 2.75) is 0 Å². The molecular weight excluding hydrogens is 222 g/mol. The van der Waals surface area contributed by atoms with Crippen LogP contribution in [0.3, 0.4) is 0 Å². The van der Waals surface area contributed by atoms with Crippen LogP contribution in [0.25, 0.3) is 11.5 Å². The third-order valence-corrected chi connectivity index (χ3v) is 1.84. The van der Waals surface area contributed by atoms with Gasteiger partial charge in [0.25, 0.3) is 0 Å². The molecule has 12 heavy (non-hydrogen) atoms. The van der Waals surface area contributed by atoms with Gasteiger partial charge in [0, 0.05) is 6.07 Å². The van der Waals surface area contributed by atoms with Gasteiger partial charge >= 0.3 is 0 Å². The van der Waals surface area contributed by atoms with Gasteiger partial charge in [-0.05, 0) is 15.9 Å². The number of furan rings is 1. The third-order valence-electron chi connectivity index (χ3n) is 1.43. The Hall–Kier alpha value is -1.23. The summed E-state index contributed by atoms with van der Waals surface area (Å²) in [5.41, 5.74) is 6.18. The number of hydrogen-bond donors (Lipinski definition) is 2. The van der Waals surface area contributed by atoms with Crippen molar-refractivity contribution in [2.24, 2.45) is 0 Å². The van der Waals surface area contributed by atoms with E-state index >= 15 is 0 Å². The quantitative estimate of drug-likeness (QED) is 0.784. The van der Waals surface area contributed by atoms with E-state index in [0.29, 0.717) is 11.7 Å². The summed E-state index contributed by atoms with van der Waals surface area (Å²) in [5, 5.41) is 0. The largest absolute Gasteiger partial charge is 0.462 e. The van der Waals surface area contributed by atoms with Crippen molar-refractivity contribution in [1.29, 1.82) is 0 Å². The van der Waals surface area contributed by atoms with E-state index in [2.05, 4.69) is 25.9 Å². The van der Waals surface area contributed by atoms with Crippen molar-refractivity contribution in [3.05, 3.63) is 23.0 Å². The van der Waals surface area contributed by atoms with Gasteiger partial charge in [-0.1, -0.05) is 0 Å². The minimum atomic E-state index is 0.387. The first kappa shape index (κ1) is 7.42. The molecule has 0 aliphatic carbocycles. The third kappa shape index (κ3) is 1.23. The maximum atomic E-state index is 5.40. The number of imidazole rings is 1. The van der Waals surface area contributed by atoms with Gasteiger partial charge in [0.05, 0.1) is 10.7 Å². The van der Waals surface area contributed by atoms with E-state index in [1.165, 1.54) is 0 Å². The van der Waals surface area contributed by atoms with Gasteiger partial charge in [0.2, 0.25) is 0 Å². The molecule has 3 N–H and O–H groups in total. The van der Waals surface area contributed by atoms with Crippen LogP contribution in [0.1, 0.15) is 0 Å². The molecule has 0 aliphatic rings. The molecule has 62 valence electrons. The van der Waals surface area contributed by atoms with Gasteiger partial charge in [0.15, 0.2) is 11.7 Å². The van der Waals surface area contributed by atoms with Gasteiger partial charge < -0.3 is 15.1 Å². The summed E-state index contributed by atoms with van der Waals surface area (Å²) in [6, 6.07) is 1.84. The lowest BCUT2D eigenvalue weighted by Crippen LogP contribution is -1.84. The average Bonchev–Trinajstić information content (AvgIpc) is 2.58. The zero-order valence-corrected chi connectivity index (χ0v) is 7.63. The summed E-state index contributed by atoms with van der Waals surface area (Å²) < 4.78 is 6.08. The molecule has 4 nitrogen and oxygen atoms in total. The summed E-state index contributed by atoms with van der Waals surface area (Å²) in [7, 11) is 0. The first-order valence-electron chi connectivity index (χ1n) is 3.30. The van der Waals surface area contributed by atoms with Crippen LogP contribution in [0, 0.1) is 0 Å². The molecule has 5 heteroatoms. The highest BCUT2D eigenvalue weighted by Gasteiger charge is 2.04. The minimum absolute atomic E-state index is 0.387. The summed E-state index contributed by atoms with van der Waals surface area (Å²) in [6.07, 6.45) is 3.23. The number of aromatic nitrogens is 2. The lowest BCUT2D eigenvalue weighted by molar-refractivity contribution is 0.579. The Morgan fingerprint density at radius 1 is 1.58 bits per heavy atom. The van der Waals surface area contributed by atoms with Crippen LogP contribution in [0.4, 0.5) is 5.95 Å². The molecule has 2 rings (SSSR count). The van der Waals surface area contributed by atoms with Gasteiger partial charge in [0.1, 0.15) is 12.0 Å². The SMILES string of the molecule is Nc1ncc(-c2cc(Br)co2)[nH]1. The highest BCUT2D eigenvalue weighted by molar-refractivity contribution is 9.10. The first-order valence-corrected chi connectivity index (χ1v) is 4.10. The Kier molecular flexibility index (Phi) is 1.65. The van der Waals surface area contributed by atoms with Crippen LogP contribution in [0.15, 0.2) is 27.4 Å². The second kappa shape index (κ2) is 2.67. The zero-order chi connectivity index (χ0) is 8.55. The normalized spacial score (nSPS) is 10.4. The maximum absolute atomic E-state index is 5.40. The highest BCUT2D eigenvalue weighted by Crippen LogP contribution is 2.23. The van der Waals surface area contributed by atoms with Gasteiger partial charge in [-0.2, -0.15) is 0 Å². The van der Waals surface area contributed by atoms with Crippen LogP contribution in [0.5, 0.6) is 0 Å². The molecule has 2 aromatic rings. The molecule has 2 aromatic heterocycles. The van der Waals surface area contributed by atoms with Crippen molar-refractivity contribution < 1.29 is 4.42 Å². The molecule has 0 radical (unpaired) electrons. The zero-order valence-electron chi connectivity index (χ0n) is 6.04. The molecule has 0 fully saturated rings. The van der Waals surface area contributed by atoms with Gasteiger partial charge in [-0.15, -0.1) is 0 Å². The number of nitrogens with one attached hydrogen (secondary N) is 1. The lowest BCUT2D eigenvalue weighted by atomic mass is 10.4.